The Hall–Kier alpha value is -1.33. The van der Waals surface area contributed by atoms with Gasteiger partial charge in [0.2, 0.25) is 0 Å². The van der Waals surface area contributed by atoms with Crippen LogP contribution in [0.2, 0.25) is 10.0 Å². The highest BCUT2D eigenvalue weighted by Crippen LogP contribution is 2.29. The lowest BCUT2D eigenvalue weighted by Crippen LogP contribution is -3.11. The van der Waals surface area contributed by atoms with E-state index in [0.717, 1.165) is 12.2 Å². The first-order valence-corrected chi connectivity index (χ1v) is 9.73. The molecule has 0 amide bonds. The van der Waals surface area contributed by atoms with Crippen LogP contribution in [0.3, 0.4) is 0 Å². The lowest BCUT2D eigenvalue weighted by Gasteiger charge is -2.23. The lowest BCUT2D eigenvalue weighted by molar-refractivity contribution is -0.918. The van der Waals surface area contributed by atoms with Gasteiger partial charge in [-0.15, -0.1) is 0 Å². The molecule has 1 aliphatic heterocycles. The molecule has 0 atom stereocenters. The Morgan fingerprint density at radius 1 is 0.960 bits per heavy atom. The zero-order valence-electron chi connectivity index (χ0n) is 13.9. The van der Waals surface area contributed by atoms with Crippen LogP contribution in [-0.2, 0) is 6.54 Å². The normalized spacial score (nSPS) is 15.0. The van der Waals surface area contributed by atoms with Crippen LogP contribution in [0.5, 0.6) is 0 Å². The molecule has 25 heavy (non-hydrogen) atoms. The van der Waals surface area contributed by atoms with Gasteiger partial charge in [0.25, 0.3) is 0 Å². The topological polar surface area (TPSA) is 28.5 Å². The zero-order valence-corrected chi connectivity index (χ0v) is 16.3. The molecule has 2 aromatic carbocycles. The standard InChI is InChI=1S/C19H21Cl2N3S/c20-16-5-4-6-17(18(16)21)23-19(25)22-15-9-7-14(8-10-15)13-24-11-2-1-3-12-24/h4-10H,1-3,11-13H2,(H2,22,23,25)/p+1. The average Bonchev–Trinajstić information content (AvgIpc) is 2.62. The van der Waals surface area contributed by atoms with Crippen LogP contribution in [0.1, 0.15) is 24.8 Å². The van der Waals surface area contributed by atoms with E-state index in [4.69, 9.17) is 35.4 Å². The third-order valence-electron chi connectivity index (χ3n) is 4.43. The molecule has 3 N–H and O–H groups in total. The lowest BCUT2D eigenvalue weighted by atomic mass is 10.1. The van der Waals surface area contributed by atoms with E-state index < -0.39 is 0 Å². The Bertz CT molecular complexity index is 728. The number of hydrogen-bond donors (Lipinski definition) is 3. The van der Waals surface area contributed by atoms with Crippen molar-refractivity contribution >= 4 is 51.9 Å². The summed E-state index contributed by atoms with van der Waals surface area (Å²) in [6, 6.07) is 13.9. The monoisotopic (exact) mass is 394 g/mol. The molecule has 0 aromatic heterocycles. The molecule has 0 aliphatic carbocycles. The number of benzene rings is 2. The van der Waals surface area contributed by atoms with Gasteiger partial charge in [-0.1, -0.05) is 41.4 Å². The number of likely N-dealkylation sites (tertiary alicyclic amines) is 1. The van der Waals surface area contributed by atoms with Gasteiger partial charge in [-0.2, -0.15) is 0 Å². The number of piperidine rings is 1. The van der Waals surface area contributed by atoms with Crippen LogP contribution in [0.15, 0.2) is 42.5 Å². The quantitative estimate of drug-likeness (QED) is 0.672. The fourth-order valence-corrected chi connectivity index (χ4v) is 3.68. The SMILES string of the molecule is S=C(Nc1ccc(C[NH+]2CCCCC2)cc1)Nc1cccc(Cl)c1Cl. The van der Waals surface area contributed by atoms with Crippen LogP contribution in [0.4, 0.5) is 11.4 Å². The predicted molar refractivity (Wildman–Crippen MR) is 111 cm³/mol. The molecular weight excluding hydrogens is 373 g/mol. The number of quaternary nitrogens is 1. The highest BCUT2D eigenvalue weighted by molar-refractivity contribution is 7.80. The first-order chi connectivity index (χ1) is 12.1. The van der Waals surface area contributed by atoms with Crippen molar-refractivity contribution in [1.82, 2.24) is 0 Å². The Kier molecular flexibility index (Phi) is 6.54. The first kappa shape index (κ1) is 18.5. The second-order valence-electron chi connectivity index (χ2n) is 6.36. The van der Waals surface area contributed by atoms with Gasteiger partial charge < -0.3 is 15.5 Å². The second-order valence-corrected chi connectivity index (χ2v) is 7.56. The van der Waals surface area contributed by atoms with Gasteiger partial charge in [0, 0.05) is 11.3 Å². The van der Waals surface area contributed by atoms with Crippen LogP contribution in [0, 0.1) is 0 Å². The summed E-state index contributed by atoms with van der Waals surface area (Å²) >= 11 is 17.5. The number of nitrogens with one attached hydrogen (secondary N) is 3. The van der Waals surface area contributed by atoms with Crippen LogP contribution >= 0.6 is 35.4 Å². The van der Waals surface area contributed by atoms with Crippen LogP contribution in [0.25, 0.3) is 0 Å². The van der Waals surface area contributed by atoms with Gasteiger partial charge in [-0.3, -0.25) is 0 Å². The van der Waals surface area contributed by atoms with E-state index in [-0.39, 0.29) is 0 Å². The zero-order chi connectivity index (χ0) is 17.6. The summed E-state index contributed by atoms with van der Waals surface area (Å²) in [4.78, 5) is 1.68. The second kappa shape index (κ2) is 8.86. The van der Waals surface area contributed by atoms with Crippen molar-refractivity contribution in [3.8, 4) is 0 Å². The maximum absolute atomic E-state index is 6.17. The molecule has 0 radical (unpaired) electrons. The predicted octanol–water partition coefficient (Wildman–Crippen LogP) is 4.37. The largest absolute Gasteiger partial charge is 0.332 e. The highest BCUT2D eigenvalue weighted by atomic mass is 35.5. The highest BCUT2D eigenvalue weighted by Gasteiger charge is 2.13. The van der Waals surface area contributed by atoms with Crippen molar-refractivity contribution in [2.24, 2.45) is 0 Å². The minimum Gasteiger partial charge on any atom is -0.332 e. The summed E-state index contributed by atoms with van der Waals surface area (Å²) in [6.07, 6.45) is 4.08. The maximum atomic E-state index is 6.17. The van der Waals surface area contributed by atoms with E-state index in [1.807, 2.05) is 12.1 Å². The molecule has 2 aromatic rings. The Balaban J connectivity index is 1.55. The number of halogens is 2. The minimum absolute atomic E-state index is 0.466. The third-order valence-corrected chi connectivity index (χ3v) is 5.45. The molecule has 1 saturated heterocycles. The molecule has 3 rings (SSSR count). The fourth-order valence-electron chi connectivity index (χ4n) is 3.11. The molecule has 0 unspecified atom stereocenters. The summed E-state index contributed by atoms with van der Waals surface area (Å²) in [5, 5.41) is 7.71. The smallest absolute Gasteiger partial charge is 0.175 e. The van der Waals surface area contributed by atoms with E-state index in [1.54, 1.807) is 11.0 Å². The number of anilines is 2. The summed E-state index contributed by atoms with van der Waals surface area (Å²) in [5.74, 6) is 0. The Morgan fingerprint density at radius 3 is 2.40 bits per heavy atom. The van der Waals surface area contributed by atoms with Gasteiger partial charge >= 0.3 is 0 Å². The molecule has 0 saturated carbocycles. The van der Waals surface area contributed by atoms with Crippen LogP contribution < -0.4 is 15.5 Å². The molecule has 3 nitrogen and oxygen atoms in total. The summed E-state index contributed by atoms with van der Waals surface area (Å²) in [6.45, 7) is 3.67. The van der Waals surface area contributed by atoms with Gasteiger partial charge in [0.1, 0.15) is 6.54 Å². The third kappa shape index (κ3) is 5.32. The number of hydrogen-bond acceptors (Lipinski definition) is 1. The van der Waals surface area contributed by atoms with Crippen molar-refractivity contribution in [3.63, 3.8) is 0 Å². The molecule has 1 heterocycles. The fraction of sp³-hybridized carbons (Fsp3) is 0.316. The molecule has 1 fully saturated rings. The molecule has 0 bridgehead atoms. The van der Waals surface area contributed by atoms with E-state index in [0.29, 0.717) is 20.8 Å². The van der Waals surface area contributed by atoms with Crippen molar-refractivity contribution in [1.29, 1.82) is 0 Å². The molecule has 132 valence electrons. The molecule has 0 spiro atoms. The minimum atomic E-state index is 0.466. The van der Waals surface area contributed by atoms with Gasteiger partial charge in [-0.25, -0.2) is 0 Å². The van der Waals surface area contributed by atoms with E-state index in [1.165, 1.54) is 37.9 Å². The van der Waals surface area contributed by atoms with E-state index in [2.05, 4.69) is 34.9 Å². The van der Waals surface area contributed by atoms with Gasteiger partial charge in [0.05, 0.1) is 28.8 Å². The van der Waals surface area contributed by atoms with Gasteiger partial charge in [0.15, 0.2) is 5.11 Å². The Morgan fingerprint density at radius 2 is 1.68 bits per heavy atom. The summed E-state index contributed by atoms with van der Waals surface area (Å²) in [5.41, 5.74) is 3.00. The van der Waals surface area contributed by atoms with Gasteiger partial charge in [-0.05, 0) is 55.7 Å². The summed E-state index contributed by atoms with van der Waals surface area (Å²) < 4.78 is 0. The van der Waals surface area contributed by atoms with Crippen molar-refractivity contribution in [2.75, 3.05) is 23.7 Å². The molecule has 6 heteroatoms. The molecular formula is C19H22Cl2N3S+. The van der Waals surface area contributed by atoms with E-state index >= 15 is 0 Å². The molecule has 1 aliphatic rings. The van der Waals surface area contributed by atoms with Crippen molar-refractivity contribution in [3.05, 3.63) is 58.1 Å². The van der Waals surface area contributed by atoms with Crippen LogP contribution in [-0.4, -0.2) is 18.2 Å². The maximum Gasteiger partial charge on any atom is 0.175 e. The van der Waals surface area contributed by atoms with E-state index in [9.17, 15) is 0 Å². The summed E-state index contributed by atoms with van der Waals surface area (Å²) in [7, 11) is 0. The number of rotatable bonds is 4. The number of thiocarbonyl (C=S) groups is 1. The Labute approximate surface area is 164 Å². The van der Waals surface area contributed by atoms with Crippen molar-refractivity contribution < 1.29 is 4.90 Å². The first-order valence-electron chi connectivity index (χ1n) is 8.56. The van der Waals surface area contributed by atoms with Crippen molar-refractivity contribution in [2.45, 2.75) is 25.8 Å². The average molecular weight is 395 g/mol.